The zero-order valence-electron chi connectivity index (χ0n) is 10.6. The Kier molecular flexibility index (Phi) is 3.18. The molecule has 0 aliphatic carbocycles. The molecule has 0 saturated carbocycles. The van der Waals surface area contributed by atoms with E-state index in [1.165, 1.54) is 17.1 Å². The van der Waals surface area contributed by atoms with Crippen LogP contribution in [0.2, 0.25) is 0 Å². The zero-order chi connectivity index (χ0) is 12.4. The minimum atomic E-state index is 0.235. The Morgan fingerprint density at radius 2 is 2.50 bits per heavy atom. The van der Waals surface area contributed by atoms with Gasteiger partial charge in [-0.05, 0) is 13.0 Å². The van der Waals surface area contributed by atoms with Crippen LogP contribution in [0.15, 0.2) is 24.1 Å². The van der Waals surface area contributed by atoms with Crippen molar-refractivity contribution in [1.29, 1.82) is 0 Å². The Morgan fingerprint density at radius 3 is 3.22 bits per heavy atom. The molecule has 5 heteroatoms. The monoisotopic (exact) mass is 262 g/mol. The van der Waals surface area contributed by atoms with Crippen molar-refractivity contribution >= 4 is 11.3 Å². The third-order valence-corrected chi connectivity index (χ3v) is 4.59. The maximum absolute atomic E-state index is 4.33. The number of thiazole rings is 1. The minimum absolute atomic E-state index is 0.235. The lowest BCUT2D eigenvalue weighted by molar-refractivity contribution is 0.472. The molecule has 96 valence electrons. The quantitative estimate of drug-likeness (QED) is 0.914. The Labute approximate surface area is 111 Å². The van der Waals surface area contributed by atoms with Crippen LogP contribution in [0.1, 0.15) is 24.0 Å². The minimum Gasteiger partial charge on any atom is -0.334 e. The summed E-state index contributed by atoms with van der Waals surface area (Å²) in [4.78, 5) is 8.66. The molecule has 1 saturated heterocycles. The fourth-order valence-electron chi connectivity index (χ4n) is 2.63. The average Bonchev–Trinajstić information content (AvgIpc) is 3.08. The number of aromatic nitrogens is 3. The van der Waals surface area contributed by atoms with Crippen molar-refractivity contribution in [2.45, 2.75) is 31.7 Å². The summed E-state index contributed by atoms with van der Waals surface area (Å²) in [6.45, 7) is 5.45. The third-order valence-electron chi connectivity index (χ3n) is 3.75. The van der Waals surface area contributed by atoms with Gasteiger partial charge in [0.05, 0.1) is 11.3 Å². The van der Waals surface area contributed by atoms with Crippen LogP contribution in [0.5, 0.6) is 0 Å². The molecule has 1 atom stereocenters. The van der Waals surface area contributed by atoms with Crippen LogP contribution in [0.3, 0.4) is 0 Å². The van der Waals surface area contributed by atoms with Gasteiger partial charge in [-0.3, -0.25) is 0 Å². The molecule has 1 aliphatic rings. The van der Waals surface area contributed by atoms with E-state index in [0.29, 0.717) is 0 Å². The van der Waals surface area contributed by atoms with E-state index < -0.39 is 0 Å². The van der Waals surface area contributed by atoms with E-state index in [2.05, 4.69) is 26.8 Å². The van der Waals surface area contributed by atoms with Crippen LogP contribution >= 0.6 is 11.3 Å². The van der Waals surface area contributed by atoms with Crippen molar-refractivity contribution in [1.82, 2.24) is 19.9 Å². The van der Waals surface area contributed by atoms with Gasteiger partial charge in [-0.2, -0.15) is 0 Å². The number of aryl methyl sites for hydroxylation is 2. The van der Waals surface area contributed by atoms with Crippen LogP contribution in [-0.2, 0) is 18.4 Å². The molecule has 1 fully saturated rings. The Morgan fingerprint density at radius 1 is 1.56 bits per heavy atom. The molecule has 2 aromatic heterocycles. The molecule has 0 amide bonds. The molecule has 18 heavy (non-hydrogen) atoms. The lowest BCUT2D eigenvalue weighted by Crippen LogP contribution is -2.28. The van der Waals surface area contributed by atoms with E-state index >= 15 is 0 Å². The third kappa shape index (κ3) is 2.20. The summed E-state index contributed by atoms with van der Waals surface area (Å²) in [7, 11) is 0. The first kappa shape index (κ1) is 11.9. The van der Waals surface area contributed by atoms with Gasteiger partial charge >= 0.3 is 0 Å². The summed E-state index contributed by atoms with van der Waals surface area (Å²) in [5.74, 6) is 0. The lowest BCUT2D eigenvalue weighted by atomic mass is 9.86. The van der Waals surface area contributed by atoms with Gasteiger partial charge in [0, 0.05) is 48.4 Å². The topological polar surface area (TPSA) is 42.7 Å². The maximum atomic E-state index is 4.33. The summed E-state index contributed by atoms with van der Waals surface area (Å²) >= 11 is 1.72. The maximum Gasteiger partial charge on any atom is 0.0948 e. The van der Waals surface area contributed by atoms with Gasteiger partial charge in [-0.15, -0.1) is 11.3 Å². The summed E-state index contributed by atoms with van der Waals surface area (Å²) in [5, 5.41) is 6.68. The van der Waals surface area contributed by atoms with Crippen LogP contribution < -0.4 is 5.32 Å². The summed E-state index contributed by atoms with van der Waals surface area (Å²) in [6.07, 6.45) is 8.03. The largest absolute Gasteiger partial charge is 0.334 e. The first-order valence-electron chi connectivity index (χ1n) is 6.38. The molecule has 4 nitrogen and oxygen atoms in total. The fraction of sp³-hybridized carbons (Fsp3) is 0.538. The van der Waals surface area contributed by atoms with Crippen LogP contribution in [0.4, 0.5) is 0 Å². The van der Waals surface area contributed by atoms with Crippen LogP contribution in [0.25, 0.3) is 0 Å². The smallest absolute Gasteiger partial charge is 0.0948 e. The molecule has 1 unspecified atom stereocenters. The van der Waals surface area contributed by atoms with E-state index in [9.17, 15) is 0 Å². The summed E-state index contributed by atoms with van der Waals surface area (Å²) in [6, 6.07) is 0. The van der Waals surface area contributed by atoms with Crippen LogP contribution in [-0.4, -0.2) is 27.6 Å². The second kappa shape index (κ2) is 4.82. The van der Waals surface area contributed by atoms with Crippen molar-refractivity contribution in [2.75, 3.05) is 13.1 Å². The molecular weight excluding hydrogens is 244 g/mol. The number of hydrogen-bond donors (Lipinski definition) is 1. The second-order valence-electron chi connectivity index (χ2n) is 5.14. The fourth-order valence-corrected chi connectivity index (χ4v) is 3.24. The highest BCUT2D eigenvalue weighted by atomic mass is 32.1. The van der Waals surface area contributed by atoms with Gasteiger partial charge in [0.25, 0.3) is 0 Å². The molecule has 1 aliphatic heterocycles. The number of imidazole rings is 1. The molecule has 0 bridgehead atoms. The van der Waals surface area contributed by atoms with E-state index in [-0.39, 0.29) is 5.41 Å². The van der Waals surface area contributed by atoms with Crippen molar-refractivity contribution in [3.05, 3.63) is 34.8 Å². The number of hydrogen-bond acceptors (Lipinski definition) is 4. The van der Waals surface area contributed by atoms with Gasteiger partial charge in [0.15, 0.2) is 0 Å². The molecule has 0 radical (unpaired) electrons. The van der Waals surface area contributed by atoms with E-state index in [1.54, 1.807) is 11.3 Å². The van der Waals surface area contributed by atoms with E-state index in [1.807, 2.05) is 24.1 Å². The van der Waals surface area contributed by atoms with E-state index in [0.717, 1.165) is 26.1 Å². The van der Waals surface area contributed by atoms with Crippen LogP contribution in [0, 0.1) is 0 Å². The predicted molar refractivity (Wildman–Crippen MR) is 72.9 cm³/mol. The Balaban J connectivity index is 1.75. The lowest BCUT2D eigenvalue weighted by Gasteiger charge is -2.24. The highest BCUT2D eigenvalue weighted by Crippen LogP contribution is 2.29. The number of rotatable bonds is 4. The summed E-state index contributed by atoms with van der Waals surface area (Å²) < 4.78 is 2.29. The van der Waals surface area contributed by atoms with Crippen molar-refractivity contribution < 1.29 is 0 Å². The average molecular weight is 262 g/mol. The Bertz CT molecular complexity index is 497. The van der Waals surface area contributed by atoms with Crippen molar-refractivity contribution in [3.63, 3.8) is 0 Å². The van der Waals surface area contributed by atoms with Gasteiger partial charge in [0.1, 0.15) is 0 Å². The zero-order valence-corrected chi connectivity index (χ0v) is 11.4. The second-order valence-corrected chi connectivity index (χ2v) is 6.11. The SMILES string of the molecule is CC1(c2cncn2CCc2nccs2)CCNC1. The first-order chi connectivity index (χ1) is 8.78. The normalized spacial score (nSPS) is 23.6. The standard InChI is InChI=1S/C13H18N4S/c1-13(3-4-14-9-13)11-8-15-10-17(11)6-2-12-16-5-7-18-12/h5,7-8,10,14H,2-4,6,9H2,1H3. The molecule has 1 N–H and O–H groups in total. The number of nitrogens with zero attached hydrogens (tertiary/aromatic N) is 3. The van der Waals surface area contributed by atoms with Gasteiger partial charge in [-0.1, -0.05) is 6.92 Å². The van der Waals surface area contributed by atoms with Gasteiger partial charge in [0.2, 0.25) is 0 Å². The van der Waals surface area contributed by atoms with E-state index in [4.69, 9.17) is 0 Å². The predicted octanol–water partition coefficient (Wildman–Crippen LogP) is 1.83. The van der Waals surface area contributed by atoms with Gasteiger partial charge in [-0.25, -0.2) is 9.97 Å². The molecule has 3 heterocycles. The first-order valence-corrected chi connectivity index (χ1v) is 7.26. The van der Waals surface area contributed by atoms with Crippen molar-refractivity contribution in [3.8, 4) is 0 Å². The molecule has 3 rings (SSSR count). The molecule has 0 spiro atoms. The van der Waals surface area contributed by atoms with Gasteiger partial charge < -0.3 is 9.88 Å². The molecule has 2 aromatic rings. The molecular formula is C13H18N4S. The highest BCUT2D eigenvalue weighted by Gasteiger charge is 2.33. The van der Waals surface area contributed by atoms with Crippen molar-refractivity contribution in [2.24, 2.45) is 0 Å². The highest BCUT2D eigenvalue weighted by molar-refractivity contribution is 7.09. The summed E-state index contributed by atoms with van der Waals surface area (Å²) in [5.41, 5.74) is 1.59. The number of nitrogens with one attached hydrogen (secondary N) is 1. The molecule has 0 aromatic carbocycles. The Hall–Kier alpha value is -1.20.